The van der Waals surface area contributed by atoms with E-state index in [0.717, 1.165) is 15.9 Å². The molecule has 0 spiro atoms. The van der Waals surface area contributed by atoms with Crippen LogP contribution in [0.4, 0.5) is 0 Å². The topological polar surface area (TPSA) is 55.7 Å². The number of rotatable bonds is 4. The van der Waals surface area contributed by atoms with Gasteiger partial charge in [0, 0.05) is 24.5 Å². The normalized spacial score (nSPS) is 10.5. The van der Waals surface area contributed by atoms with Crippen LogP contribution in [-0.4, -0.2) is 20.7 Å². The summed E-state index contributed by atoms with van der Waals surface area (Å²) in [5.41, 5.74) is 2.54. The third-order valence-electron chi connectivity index (χ3n) is 2.86. The molecule has 0 aliphatic carbocycles. The molecule has 0 saturated heterocycles. The third-order valence-corrected chi connectivity index (χ3v) is 4.28. The summed E-state index contributed by atoms with van der Waals surface area (Å²) >= 11 is 4.79. The maximum absolute atomic E-state index is 12.3. The molecular weight excluding hydrogens is 350 g/mol. The molecule has 3 rings (SSSR count). The molecule has 0 radical (unpaired) electrons. The predicted molar refractivity (Wildman–Crippen MR) is 84.5 cm³/mol. The lowest BCUT2D eigenvalue weighted by Crippen LogP contribution is -1.99. The first kappa shape index (κ1) is 14.0. The number of carbonyl (C=O) groups is 1. The van der Waals surface area contributed by atoms with Gasteiger partial charge in [-0.05, 0) is 45.1 Å². The highest BCUT2D eigenvalue weighted by molar-refractivity contribution is 9.10. The van der Waals surface area contributed by atoms with E-state index in [1.165, 1.54) is 30.1 Å². The molecule has 3 heterocycles. The van der Waals surface area contributed by atoms with Crippen LogP contribution in [-0.2, 0) is 6.42 Å². The number of hydrogen-bond acceptors (Lipinski definition) is 5. The zero-order chi connectivity index (χ0) is 14.7. The van der Waals surface area contributed by atoms with E-state index in [2.05, 4.69) is 30.9 Å². The van der Waals surface area contributed by atoms with Gasteiger partial charge >= 0.3 is 0 Å². The predicted octanol–water partition coefficient (Wildman–Crippen LogP) is 3.52. The highest BCUT2D eigenvalue weighted by atomic mass is 79.9. The quantitative estimate of drug-likeness (QED) is 0.528. The van der Waals surface area contributed by atoms with Gasteiger partial charge in [0.25, 0.3) is 0 Å². The average molecular weight is 360 g/mol. The first-order chi connectivity index (χ1) is 10.2. The molecule has 3 aromatic rings. The Morgan fingerprint density at radius 1 is 1.24 bits per heavy atom. The molecule has 0 aromatic carbocycles. The van der Waals surface area contributed by atoms with Crippen molar-refractivity contribution in [2.45, 2.75) is 6.42 Å². The van der Waals surface area contributed by atoms with Gasteiger partial charge in [-0.15, -0.1) is 11.3 Å². The van der Waals surface area contributed by atoms with E-state index in [9.17, 15) is 4.79 Å². The molecule has 0 aliphatic heterocycles. The van der Waals surface area contributed by atoms with Crippen LogP contribution in [0.1, 0.15) is 26.5 Å². The summed E-state index contributed by atoms with van der Waals surface area (Å²) in [4.78, 5) is 25.1. The Kier molecular flexibility index (Phi) is 4.17. The van der Waals surface area contributed by atoms with Crippen LogP contribution in [0.5, 0.6) is 0 Å². The monoisotopic (exact) mass is 359 g/mol. The minimum atomic E-state index is -0.0472. The molecule has 0 N–H and O–H groups in total. The highest BCUT2D eigenvalue weighted by Crippen LogP contribution is 2.20. The van der Waals surface area contributed by atoms with Gasteiger partial charge in [0.1, 0.15) is 10.9 Å². The molecule has 0 saturated carbocycles. The van der Waals surface area contributed by atoms with E-state index >= 15 is 0 Å². The minimum absolute atomic E-state index is 0.0472. The molecule has 3 aromatic heterocycles. The van der Waals surface area contributed by atoms with Gasteiger partial charge in [-0.3, -0.25) is 4.79 Å². The third kappa shape index (κ3) is 3.40. The van der Waals surface area contributed by atoms with Crippen molar-refractivity contribution >= 4 is 33.0 Å². The summed E-state index contributed by atoms with van der Waals surface area (Å²) in [6.07, 6.45) is 5.18. The smallest absolute Gasteiger partial charge is 0.206 e. The van der Waals surface area contributed by atoms with E-state index in [4.69, 9.17) is 0 Å². The molecule has 21 heavy (non-hydrogen) atoms. The molecule has 104 valence electrons. The second kappa shape index (κ2) is 6.24. The molecule has 0 fully saturated rings. The largest absolute Gasteiger partial charge is 0.288 e. The van der Waals surface area contributed by atoms with E-state index in [-0.39, 0.29) is 5.78 Å². The van der Waals surface area contributed by atoms with Crippen LogP contribution in [0.15, 0.2) is 53.0 Å². The zero-order valence-corrected chi connectivity index (χ0v) is 13.3. The molecule has 0 bridgehead atoms. The summed E-state index contributed by atoms with van der Waals surface area (Å²) in [5.74, 6) is -0.0472. The van der Waals surface area contributed by atoms with Gasteiger partial charge in [0.05, 0.1) is 10.4 Å². The number of aromatic nitrogens is 3. The number of ketones is 1. The lowest BCUT2D eigenvalue weighted by atomic mass is 10.1. The first-order valence-electron chi connectivity index (χ1n) is 6.21. The van der Waals surface area contributed by atoms with Crippen molar-refractivity contribution in [1.82, 2.24) is 15.0 Å². The molecule has 0 amide bonds. The Hall–Kier alpha value is -1.92. The second-order valence-electron chi connectivity index (χ2n) is 4.40. The maximum Gasteiger partial charge on any atom is 0.206 e. The average Bonchev–Trinajstić information content (AvgIpc) is 2.96. The number of pyridine rings is 1. The van der Waals surface area contributed by atoms with E-state index in [1.54, 1.807) is 0 Å². The molecule has 4 nitrogen and oxygen atoms in total. The van der Waals surface area contributed by atoms with Gasteiger partial charge < -0.3 is 0 Å². The van der Waals surface area contributed by atoms with Gasteiger partial charge in [0.2, 0.25) is 5.78 Å². The summed E-state index contributed by atoms with van der Waals surface area (Å²) in [5, 5.41) is 1.99. The SMILES string of the molecule is O=C(c1cncnc1)c1cc(Cc2cccc(Br)n2)cs1. The van der Waals surface area contributed by atoms with Crippen molar-refractivity contribution in [3.63, 3.8) is 0 Å². The summed E-state index contributed by atoms with van der Waals surface area (Å²) < 4.78 is 0.813. The minimum Gasteiger partial charge on any atom is -0.288 e. The van der Waals surface area contributed by atoms with Crippen molar-refractivity contribution in [3.8, 4) is 0 Å². The maximum atomic E-state index is 12.3. The summed E-state index contributed by atoms with van der Waals surface area (Å²) in [6.45, 7) is 0. The molecule has 0 atom stereocenters. The van der Waals surface area contributed by atoms with E-state index in [0.29, 0.717) is 16.9 Å². The molecular formula is C15H10BrN3OS. The van der Waals surface area contributed by atoms with Gasteiger partial charge in [-0.2, -0.15) is 0 Å². The molecule has 0 unspecified atom stereocenters. The van der Waals surface area contributed by atoms with Gasteiger partial charge in [-0.25, -0.2) is 15.0 Å². The molecule has 0 aliphatic rings. The Balaban J connectivity index is 1.79. The Morgan fingerprint density at radius 2 is 2.05 bits per heavy atom. The number of halogens is 1. The van der Waals surface area contributed by atoms with Crippen molar-refractivity contribution in [3.05, 3.63) is 74.7 Å². The first-order valence-corrected chi connectivity index (χ1v) is 7.88. The van der Waals surface area contributed by atoms with Gasteiger partial charge in [-0.1, -0.05) is 6.07 Å². The van der Waals surface area contributed by atoms with Gasteiger partial charge in [0.15, 0.2) is 0 Å². The zero-order valence-electron chi connectivity index (χ0n) is 10.9. The van der Waals surface area contributed by atoms with Crippen LogP contribution in [0.3, 0.4) is 0 Å². The second-order valence-corrected chi connectivity index (χ2v) is 6.13. The van der Waals surface area contributed by atoms with E-state index in [1.807, 2.05) is 29.6 Å². The van der Waals surface area contributed by atoms with Crippen LogP contribution in [0, 0.1) is 0 Å². The van der Waals surface area contributed by atoms with Crippen molar-refractivity contribution in [1.29, 1.82) is 0 Å². The fourth-order valence-corrected chi connectivity index (χ4v) is 3.16. The standard InChI is InChI=1S/C15H10BrN3OS/c16-14-3-1-2-12(19-14)4-10-5-13(21-8-10)15(20)11-6-17-9-18-7-11/h1-3,5-9H,4H2. The lowest BCUT2D eigenvalue weighted by molar-refractivity contribution is 0.104. The van der Waals surface area contributed by atoms with Crippen molar-refractivity contribution in [2.75, 3.05) is 0 Å². The van der Waals surface area contributed by atoms with Crippen molar-refractivity contribution < 1.29 is 4.79 Å². The highest BCUT2D eigenvalue weighted by Gasteiger charge is 2.12. The van der Waals surface area contributed by atoms with Crippen molar-refractivity contribution in [2.24, 2.45) is 0 Å². The number of hydrogen-bond donors (Lipinski definition) is 0. The van der Waals surface area contributed by atoms with Crippen LogP contribution < -0.4 is 0 Å². The lowest BCUT2D eigenvalue weighted by Gasteiger charge is -1.98. The Bertz CT molecular complexity index is 773. The number of carbonyl (C=O) groups excluding carboxylic acids is 1. The molecule has 6 heteroatoms. The van der Waals surface area contributed by atoms with Crippen LogP contribution in [0.25, 0.3) is 0 Å². The number of nitrogens with zero attached hydrogens (tertiary/aromatic N) is 3. The fourth-order valence-electron chi connectivity index (χ4n) is 1.90. The summed E-state index contributed by atoms with van der Waals surface area (Å²) in [7, 11) is 0. The Morgan fingerprint density at radius 3 is 2.81 bits per heavy atom. The van der Waals surface area contributed by atoms with Crippen LogP contribution in [0.2, 0.25) is 0 Å². The fraction of sp³-hybridized carbons (Fsp3) is 0.0667. The summed E-state index contributed by atoms with van der Waals surface area (Å²) in [6, 6.07) is 7.71. The van der Waals surface area contributed by atoms with E-state index < -0.39 is 0 Å². The number of thiophene rings is 1. The van der Waals surface area contributed by atoms with Crippen LogP contribution >= 0.6 is 27.3 Å². The Labute approximate surface area is 134 Å².